The molecule has 0 unspecified atom stereocenters. The minimum Gasteiger partial charge on any atom is -0.448 e. The number of tetrazole rings is 1. The Bertz CT molecular complexity index is 707. The summed E-state index contributed by atoms with van der Waals surface area (Å²) >= 11 is 5.75. The SMILES string of the molecule is Cc1ccc(-n2cnnn2)cc1NCc1ccc(Cl)o1. The zero-order valence-electron chi connectivity index (χ0n) is 10.7. The molecule has 0 bridgehead atoms. The normalized spacial score (nSPS) is 10.7. The summed E-state index contributed by atoms with van der Waals surface area (Å²) in [7, 11) is 0. The van der Waals surface area contributed by atoms with Gasteiger partial charge in [-0.15, -0.1) is 5.10 Å². The lowest BCUT2D eigenvalue weighted by atomic mass is 10.2. The zero-order valence-corrected chi connectivity index (χ0v) is 11.5. The van der Waals surface area contributed by atoms with Crippen molar-refractivity contribution in [3.8, 4) is 5.69 Å². The van der Waals surface area contributed by atoms with Crippen LogP contribution in [0, 0.1) is 6.92 Å². The van der Waals surface area contributed by atoms with E-state index in [0.29, 0.717) is 11.8 Å². The van der Waals surface area contributed by atoms with Crippen LogP contribution in [0.25, 0.3) is 5.69 Å². The topological polar surface area (TPSA) is 68.8 Å². The summed E-state index contributed by atoms with van der Waals surface area (Å²) in [5.74, 6) is 0.780. The number of rotatable bonds is 4. The number of hydrogen-bond donors (Lipinski definition) is 1. The largest absolute Gasteiger partial charge is 0.448 e. The van der Waals surface area contributed by atoms with Crippen LogP contribution in [0.3, 0.4) is 0 Å². The number of nitrogens with one attached hydrogen (secondary N) is 1. The highest BCUT2D eigenvalue weighted by atomic mass is 35.5. The third kappa shape index (κ3) is 2.65. The number of aryl methyl sites for hydroxylation is 1. The van der Waals surface area contributed by atoms with Crippen LogP contribution in [0.15, 0.2) is 41.1 Å². The van der Waals surface area contributed by atoms with Crippen molar-refractivity contribution in [2.24, 2.45) is 0 Å². The molecule has 2 heterocycles. The average molecular weight is 290 g/mol. The number of halogens is 1. The van der Waals surface area contributed by atoms with Gasteiger partial charge >= 0.3 is 0 Å². The molecule has 3 rings (SSSR count). The lowest BCUT2D eigenvalue weighted by Crippen LogP contribution is -2.02. The smallest absolute Gasteiger partial charge is 0.193 e. The molecule has 0 aliphatic carbocycles. The summed E-state index contributed by atoms with van der Waals surface area (Å²) < 4.78 is 6.92. The zero-order chi connectivity index (χ0) is 13.9. The van der Waals surface area contributed by atoms with E-state index in [0.717, 1.165) is 22.7 Å². The molecule has 0 spiro atoms. The quantitative estimate of drug-likeness (QED) is 0.800. The number of nitrogens with zero attached hydrogens (tertiary/aromatic N) is 4. The van der Waals surface area contributed by atoms with Crippen molar-refractivity contribution in [1.82, 2.24) is 20.2 Å². The first kappa shape index (κ1) is 12.7. The minimum absolute atomic E-state index is 0.390. The van der Waals surface area contributed by atoms with E-state index in [-0.39, 0.29) is 0 Å². The van der Waals surface area contributed by atoms with Gasteiger partial charge in [0.15, 0.2) is 5.22 Å². The number of hydrogen-bond acceptors (Lipinski definition) is 5. The van der Waals surface area contributed by atoms with Crippen molar-refractivity contribution in [3.05, 3.63) is 53.2 Å². The van der Waals surface area contributed by atoms with Crippen molar-refractivity contribution < 1.29 is 4.42 Å². The van der Waals surface area contributed by atoms with Crippen LogP contribution in [0.2, 0.25) is 5.22 Å². The van der Waals surface area contributed by atoms with Gasteiger partial charge in [-0.05, 0) is 58.8 Å². The second kappa shape index (κ2) is 5.34. The van der Waals surface area contributed by atoms with Gasteiger partial charge in [-0.25, -0.2) is 4.68 Å². The maximum atomic E-state index is 5.75. The van der Waals surface area contributed by atoms with Crippen LogP contribution in [0.1, 0.15) is 11.3 Å². The summed E-state index contributed by atoms with van der Waals surface area (Å²) in [6, 6.07) is 9.52. The van der Waals surface area contributed by atoms with Gasteiger partial charge in [-0.2, -0.15) is 0 Å². The summed E-state index contributed by atoms with van der Waals surface area (Å²) in [6.45, 7) is 2.59. The van der Waals surface area contributed by atoms with Gasteiger partial charge in [0.25, 0.3) is 0 Å². The summed E-state index contributed by atoms with van der Waals surface area (Å²) in [4.78, 5) is 0. The van der Waals surface area contributed by atoms with Crippen molar-refractivity contribution in [3.63, 3.8) is 0 Å². The molecule has 0 saturated carbocycles. The van der Waals surface area contributed by atoms with Gasteiger partial charge < -0.3 is 9.73 Å². The van der Waals surface area contributed by atoms with E-state index in [1.54, 1.807) is 17.1 Å². The Morgan fingerprint density at radius 3 is 2.90 bits per heavy atom. The van der Waals surface area contributed by atoms with Gasteiger partial charge in [-0.1, -0.05) is 6.07 Å². The Labute approximate surface area is 120 Å². The first-order valence-electron chi connectivity index (χ1n) is 6.04. The average Bonchev–Trinajstić information content (AvgIpc) is 3.09. The highest BCUT2D eigenvalue weighted by molar-refractivity contribution is 6.28. The Kier molecular flexibility index (Phi) is 3.39. The molecule has 6 nitrogen and oxygen atoms in total. The van der Waals surface area contributed by atoms with E-state index in [2.05, 4.69) is 20.8 Å². The maximum Gasteiger partial charge on any atom is 0.193 e. The molecule has 0 fully saturated rings. The monoisotopic (exact) mass is 289 g/mol. The van der Waals surface area contributed by atoms with Crippen LogP contribution in [-0.2, 0) is 6.54 Å². The van der Waals surface area contributed by atoms with Crippen LogP contribution in [0.5, 0.6) is 0 Å². The molecule has 0 radical (unpaired) electrons. The molecule has 0 atom stereocenters. The molecule has 0 amide bonds. The van der Waals surface area contributed by atoms with E-state index in [9.17, 15) is 0 Å². The lowest BCUT2D eigenvalue weighted by Gasteiger charge is -2.10. The maximum absolute atomic E-state index is 5.75. The number of benzene rings is 1. The molecule has 3 aromatic rings. The molecule has 0 saturated heterocycles. The van der Waals surface area contributed by atoms with Crippen molar-refractivity contribution in [2.45, 2.75) is 13.5 Å². The third-order valence-electron chi connectivity index (χ3n) is 2.92. The predicted octanol–water partition coefficient (Wildman–Crippen LogP) is 2.83. The number of anilines is 1. The van der Waals surface area contributed by atoms with E-state index >= 15 is 0 Å². The molecular weight excluding hydrogens is 278 g/mol. The van der Waals surface area contributed by atoms with E-state index < -0.39 is 0 Å². The fraction of sp³-hybridized carbons (Fsp3) is 0.154. The highest BCUT2D eigenvalue weighted by Crippen LogP contribution is 2.20. The van der Waals surface area contributed by atoms with Crippen LogP contribution in [0.4, 0.5) is 5.69 Å². The van der Waals surface area contributed by atoms with Gasteiger partial charge in [0, 0.05) is 5.69 Å². The Hall–Kier alpha value is -2.34. The summed E-state index contributed by atoms with van der Waals surface area (Å²) in [6.07, 6.45) is 1.56. The Morgan fingerprint density at radius 1 is 1.30 bits per heavy atom. The fourth-order valence-electron chi connectivity index (χ4n) is 1.85. The Balaban J connectivity index is 1.80. The summed E-state index contributed by atoms with van der Waals surface area (Å²) in [5, 5.41) is 14.8. The first-order chi connectivity index (χ1) is 9.72. The van der Waals surface area contributed by atoms with Gasteiger partial charge in [-0.3, -0.25) is 0 Å². The predicted molar refractivity (Wildman–Crippen MR) is 74.9 cm³/mol. The minimum atomic E-state index is 0.390. The van der Waals surface area contributed by atoms with Crippen molar-refractivity contribution >= 4 is 17.3 Å². The van der Waals surface area contributed by atoms with Crippen molar-refractivity contribution in [1.29, 1.82) is 0 Å². The van der Waals surface area contributed by atoms with Crippen LogP contribution in [-0.4, -0.2) is 20.2 Å². The molecule has 0 aliphatic rings. The molecule has 0 aliphatic heterocycles. The van der Waals surface area contributed by atoms with Gasteiger partial charge in [0.05, 0.1) is 12.2 Å². The highest BCUT2D eigenvalue weighted by Gasteiger charge is 2.05. The molecule has 2 aromatic heterocycles. The molecular formula is C13H12ClN5O. The molecule has 1 aromatic carbocycles. The number of aromatic nitrogens is 4. The first-order valence-corrected chi connectivity index (χ1v) is 6.42. The van der Waals surface area contributed by atoms with Crippen molar-refractivity contribution in [2.75, 3.05) is 5.32 Å². The van der Waals surface area contributed by atoms with Gasteiger partial charge in [0.2, 0.25) is 0 Å². The van der Waals surface area contributed by atoms with E-state index in [1.807, 2.05) is 31.2 Å². The molecule has 1 N–H and O–H groups in total. The van der Waals surface area contributed by atoms with Crippen LogP contribution >= 0.6 is 11.6 Å². The molecule has 102 valence electrons. The van der Waals surface area contributed by atoms with Gasteiger partial charge in [0.1, 0.15) is 12.1 Å². The standard InChI is InChI=1S/C13H12ClN5O/c1-9-2-3-10(19-8-16-17-18-19)6-12(9)15-7-11-4-5-13(14)20-11/h2-6,8,15H,7H2,1H3. The van der Waals surface area contributed by atoms with E-state index in [4.69, 9.17) is 16.0 Å². The second-order valence-corrected chi connectivity index (χ2v) is 4.69. The fourth-order valence-corrected chi connectivity index (χ4v) is 2.01. The Morgan fingerprint density at radius 2 is 2.20 bits per heavy atom. The summed E-state index contributed by atoms with van der Waals surface area (Å²) in [5.41, 5.74) is 3.01. The van der Waals surface area contributed by atoms with Crippen LogP contribution < -0.4 is 5.32 Å². The molecule has 20 heavy (non-hydrogen) atoms. The van der Waals surface area contributed by atoms with E-state index in [1.165, 1.54) is 0 Å². The third-order valence-corrected chi connectivity index (χ3v) is 3.12. The second-order valence-electron chi connectivity index (χ2n) is 4.31. The lowest BCUT2D eigenvalue weighted by molar-refractivity contribution is 0.520. The number of furan rings is 1. The molecule has 7 heteroatoms.